The van der Waals surface area contributed by atoms with Crippen molar-refractivity contribution in [2.45, 2.75) is 84.5 Å². The van der Waals surface area contributed by atoms with Crippen LogP contribution < -0.4 is 0 Å². The fourth-order valence-electron chi connectivity index (χ4n) is 1.49. The number of hydrogen-bond donors (Lipinski definition) is 0. The van der Waals surface area contributed by atoms with Gasteiger partial charge in [-0.25, -0.2) is 0 Å². The third kappa shape index (κ3) is 9.10. The first kappa shape index (κ1) is 22.1. The number of carbonyl (C=O) groups is 2. The summed E-state index contributed by atoms with van der Waals surface area (Å²) >= 11 is 0. The summed E-state index contributed by atoms with van der Waals surface area (Å²) in [6.07, 6.45) is 1.33. The zero-order valence-electron chi connectivity index (χ0n) is 15.9. The molecule has 136 valence electrons. The molecule has 0 saturated carbocycles. The van der Waals surface area contributed by atoms with Gasteiger partial charge in [0.15, 0.2) is 8.32 Å². The third-order valence-corrected chi connectivity index (χ3v) is 8.69. The number of esters is 2. The minimum atomic E-state index is -1.85. The molecule has 23 heavy (non-hydrogen) atoms. The van der Waals surface area contributed by atoms with Crippen molar-refractivity contribution in [2.24, 2.45) is 0 Å². The van der Waals surface area contributed by atoms with Crippen molar-refractivity contribution in [1.29, 1.82) is 0 Å². The van der Waals surface area contributed by atoms with Gasteiger partial charge in [-0.15, -0.1) is 0 Å². The summed E-state index contributed by atoms with van der Waals surface area (Å²) in [7, 11) is -1.85. The van der Waals surface area contributed by atoms with Crippen LogP contribution in [0.25, 0.3) is 0 Å². The second-order valence-electron chi connectivity index (χ2n) is 7.31. The van der Waals surface area contributed by atoms with E-state index in [1.54, 1.807) is 0 Å². The Morgan fingerprint density at radius 2 is 1.61 bits per heavy atom. The lowest BCUT2D eigenvalue weighted by Crippen LogP contribution is -2.43. The molecule has 1 atom stereocenters. The van der Waals surface area contributed by atoms with Gasteiger partial charge in [-0.1, -0.05) is 34.6 Å². The van der Waals surface area contributed by atoms with Gasteiger partial charge in [-0.05, 0) is 31.0 Å². The van der Waals surface area contributed by atoms with E-state index < -0.39 is 8.32 Å². The van der Waals surface area contributed by atoms with Crippen LogP contribution in [0.2, 0.25) is 18.1 Å². The maximum absolute atomic E-state index is 11.8. The van der Waals surface area contributed by atoms with Gasteiger partial charge in [0.2, 0.25) is 0 Å². The quantitative estimate of drug-likeness (QED) is 0.441. The molecule has 0 bridgehead atoms. The number of rotatable bonds is 10. The summed E-state index contributed by atoms with van der Waals surface area (Å²) in [4.78, 5) is 23.2. The number of carbonyl (C=O) groups excluding carboxylic acids is 2. The molecule has 0 saturated heterocycles. The summed E-state index contributed by atoms with van der Waals surface area (Å²) in [5.74, 6) is -0.724. The van der Waals surface area contributed by atoms with Crippen LogP contribution in [0.15, 0.2) is 0 Å². The summed E-state index contributed by atoms with van der Waals surface area (Å²) in [6.45, 7) is 15.6. The first-order chi connectivity index (χ1) is 10.5. The molecule has 6 heteroatoms. The fourth-order valence-corrected chi connectivity index (χ4v) is 2.53. The molecule has 0 heterocycles. The highest BCUT2D eigenvalue weighted by molar-refractivity contribution is 6.74. The molecule has 0 fully saturated rings. The maximum atomic E-state index is 11.8. The first-order valence-electron chi connectivity index (χ1n) is 8.52. The van der Waals surface area contributed by atoms with Crippen LogP contribution in [0.5, 0.6) is 0 Å². The molecule has 0 spiro atoms. The molecule has 0 aliphatic heterocycles. The van der Waals surface area contributed by atoms with E-state index in [9.17, 15) is 9.59 Å². The Hall–Kier alpha value is -0.883. The van der Waals surface area contributed by atoms with E-state index in [0.717, 1.165) is 6.42 Å². The zero-order valence-corrected chi connectivity index (χ0v) is 16.9. The predicted octanol–water partition coefficient (Wildman–Crippen LogP) is 4.06. The van der Waals surface area contributed by atoms with E-state index in [1.807, 2.05) is 13.8 Å². The number of ether oxygens (including phenoxy) is 2. The van der Waals surface area contributed by atoms with Crippen LogP contribution in [-0.2, 0) is 23.5 Å². The summed E-state index contributed by atoms with van der Waals surface area (Å²) in [5.41, 5.74) is 0. The average Bonchev–Trinajstić information content (AvgIpc) is 2.45. The molecule has 0 amide bonds. The highest BCUT2D eigenvalue weighted by Crippen LogP contribution is 2.36. The van der Waals surface area contributed by atoms with Crippen LogP contribution in [-0.4, -0.2) is 39.6 Å². The lowest BCUT2D eigenvalue weighted by atomic mass is 10.2. The Labute approximate surface area is 142 Å². The van der Waals surface area contributed by atoms with Gasteiger partial charge in [0.25, 0.3) is 0 Å². The van der Waals surface area contributed by atoms with E-state index in [0.29, 0.717) is 19.6 Å². The Kier molecular flexibility index (Phi) is 9.69. The molecule has 0 aromatic heterocycles. The maximum Gasteiger partial charge on any atom is 0.306 e. The minimum absolute atomic E-state index is 0.0547. The van der Waals surface area contributed by atoms with Crippen LogP contribution in [0, 0.1) is 0 Å². The second kappa shape index (κ2) is 10.1. The third-order valence-electron chi connectivity index (χ3n) is 4.19. The topological polar surface area (TPSA) is 61.8 Å². The van der Waals surface area contributed by atoms with Crippen molar-refractivity contribution in [3.63, 3.8) is 0 Å². The van der Waals surface area contributed by atoms with Crippen LogP contribution in [0.3, 0.4) is 0 Å². The largest absolute Gasteiger partial charge is 0.466 e. The molecule has 0 aromatic carbocycles. The van der Waals surface area contributed by atoms with E-state index in [4.69, 9.17) is 13.9 Å². The van der Waals surface area contributed by atoms with Gasteiger partial charge in [-0.2, -0.15) is 0 Å². The molecule has 0 N–H and O–H groups in total. The molecular weight excluding hydrogens is 312 g/mol. The first-order valence-corrected chi connectivity index (χ1v) is 11.4. The summed E-state index contributed by atoms with van der Waals surface area (Å²) in [6, 6.07) is 0. The van der Waals surface area contributed by atoms with Gasteiger partial charge in [0.05, 0.1) is 26.1 Å². The van der Waals surface area contributed by atoms with Crippen molar-refractivity contribution >= 4 is 20.3 Å². The lowest BCUT2D eigenvalue weighted by Gasteiger charge is -2.37. The van der Waals surface area contributed by atoms with Crippen molar-refractivity contribution in [2.75, 3.05) is 13.2 Å². The fraction of sp³-hybridized carbons (Fsp3) is 0.882. The molecule has 0 aliphatic rings. The van der Waals surface area contributed by atoms with Crippen molar-refractivity contribution in [3.05, 3.63) is 0 Å². The van der Waals surface area contributed by atoms with Gasteiger partial charge in [-0.3, -0.25) is 9.59 Å². The van der Waals surface area contributed by atoms with Gasteiger partial charge in [0, 0.05) is 0 Å². The van der Waals surface area contributed by atoms with Gasteiger partial charge in [0.1, 0.15) is 6.10 Å². The monoisotopic (exact) mass is 346 g/mol. The molecular formula is C17H34O5Si. The highest BCUT2D eigenvalue weighted by atomic mass is 28.4. The second-order valence-corrected chi connectivity index (χ2v) is 12.1. The van der Waals surface area contributed by atoms with Gasteiger partial charge >= 0.3 is 11.9 Å². The predicted molar refractivity (Wildman–Crippen MR) is 93.8 cm³/mol. The van der Waals surface area contributed by atoms with Gasteiger partial charge < -0.3 is 13.9 Å². The Morgan fingerprint density at radius 1 is 1.04 bits per heavy atom. The van der Waals surface area contributed by atoms with Crippen LogP contribution >= 0.6 is 0 Å². The highest BCUT2D eigenvalue weighted by Gasteiger charge is 2.37. The zero-order chi connectivity index (χ0) is 18.1. The van der Waals surface area contributed by atoms with Crippen molar-refractivity contribution < 1.29 is 23.5 Å². The van der Waals surface area contributed by atoms with Crippen molar-refractivity contribution in [1.82, 2.24) is 0 Å². The molecule has 0 radical (unpaired) electrons. The molecule has 1 unspecified atom stereocenters. The van der Waals surface area contributed by atoms with Crippen LogP contribution in [0.1, 0.15) is 60.3 Å². The Morgan fingerprint density at radius 3 is 2.09 bits per heavy atom. The van der Waals surface area contributed by atoms with Crippen LogP contribution in [0.4, 0.5) is 0 Å². The van der Waals surface area contributed by atoms with Crippen molar-refractivity contribution in [3.8, 4) is 0 Å². The smallest absolute Gasteiger partial charge is 0.306 e. The molecule has 0 aliphatic carbocycles. The lowest BCUT2D eigenvalue weighted by molar-refractivity contribution is -0.155. The summed E-state index contributed by atoms with van der Waals surface area (Å²) < 4.78 is 16.4. The van der Waals surface area contributed by atoms with E-state index >= 15 is 0 Å². The molecule has 5 nitrogen and oxygen atoms in total. The van der Waals surface area contributed by atoms with E-state index in [1.165, 1.54) is 0 Å². The minimum Gasteiger partial charge on any atom is -0.466 e. The molecule has 0 aromatic rings. The SMILES string of the molecule is CCCOC(=O)CCC(=O)OC(CC)CO[Si](C)(C)C(C)(C)C. The Bertz CT molecular complexity index is 374. The van der Waals surface area contributed by atoms with E-state index in [2.05, 4.69) is 33.9 Å². The van der Waals surface area contributed by atoms with E-state index in [-0.39, 0.29) is 35.9 Å². The molecule has 0 rings (SSSR count). The Balaban J connectivity index is 4.23. The summed E-state index contributed by atoms with van der Waals surface area (Å²) in [5, 5.41) is 0.123. The normalized spacial score (nSPS) is 13.5. The average molecular weight is 347 g/mol. The standard InChI is InChI=1S/C17H34O5Si/c1-8-12-20-15(18)10-11-16(19)22-14(9-2)13-21-23(6,7)17(3,4)5/h14H,8-13H2,1-7H3. The number of hydrogen-bond acceptors (Lipinski definition) is 5.